The Balaban J connectivity index is 0. The number of nitriles is 1. The zero-order valence-corrected chi connectivity index (χ0v) is 27.1. The van der Waals surface area contributed by atoms with E-state index < -0.39 is 52.2 Å². The van der Waals surface area contributed by atoms with Gasteiger partial charge in [0, 0.05) is 0 Å². The first kappa shape index (κ1) is 41.9. The number of H-pyrrole nitrogens is 2. The highest BCUT2D eigenvalue weighted by atomic mass is 16.5. The molecule has 1 amide bonds. The van der Waals surface area contributed by atoms with Gasteiger partial charge in [0.25, 0.3) is 0 Å². The fraction of sp³-hybridized carbons (Fsp3) is 0.615. The van der Waals surface area contributed by atoms with Crippen molar-refractivity contribution in [3.8, 4) is 6.07 Å². The van der Waals surface area contributed by atoms with Gasteiger partial charge in [-0.1, -0.05) is 0 Å². The topological polar surface area (TPSA) is 273 Å². The molecule has 0 radical (unpaired) electrons. The highest BCUT2D eigenvalue weighted by molar-refractivity contribution is 6.31. The van der Waals surface area contributed by atoms with E-state index in [1.807, 2.05) is 41.5 Å². The van der Waals surface area contributed by atoms with E-state index in [1.54, 1.807) is 27.7 Å². The van der Waals surface area contributed by atoms with Crippen LogP contribution >= 0.6 is 0 Å². The Morgan fingerprint density at radius 3 is 1.22 bits per heavy atom. The summed E-state index contributed by atoms with van der Waals surface area (Å²) in [5.74, 6) is -4.19. The van der Waals surface area contributed by atoms with Crippen molar-refractivity contribution >= 4 is 29.8 Å². The second-order valence-corrected chi connectivity index (χ2v) is 10.1. The van der Waals surface area contributed by atoms with Gasteiger partial charge in [-0.2, -0.15) is 5.26 Å². The van der Waals surface area contributed by atoms with Crippen LogP contribution in [0.5, 0.6) is 0 Å². The minimum absolute atomic E-state index is 0.0585. The quantitative estimate of drug-likeness (QED) is 0.163. The van der Waals surface area contributed by atoms with Crippen molar-refractivity contribution in [2.75, 3.05) is 26.4 Å². The Bertz CT molecular complexity index is 1350. The number of nitrogens with two attached hydrogens (primary N) is 1. The van der Waals surface area contributed by atoms with Gasteiger partial charge in [0.05, 0.1) is 37.5 Å². The van der Waals surface area contributed by atoms with Gasteiger partial charge in [-0.15, -0.1) is 10.2 Å². The third kappa shape index (κ3) is 16.2. The molecule has 4 N–H and O–H groups in total. The van der Waals surface area contributed by atoms with Crippen LogP contribution in [0.3, 0.4) is 0 Å². The lowest BCUT2D eigenvalue weighted by Gasteiger charge is -2.16. The predicted octanol–water partition coefficient (Wildman–Crippen LogP) is 0.114. The maximum atomic E-state index is 11.4. The molecule has 0 aliphatic heterocycles. The number of rotatable bonds is 6. The Labute approximate surface area is 259 Å². The number of hydrogen-bond donors (Lipinski definition) is 3. The van der Waals surface area contributed by atoms with Gasteiger partial charge in [-0.25, -0.2) is 38.1 Å². The average Bonchev–Trinajstić information content (AvgIpc) is 3.53. The van der Waals surface area contributed by atoms with E-state index in [9.17, 15) is 33.6 Å². The molecule has 0 fully saturated rings. The lowest BCUT2D eigenvalue weighted by Crippen LogP contribution is -2.33. The van der Waals surface area contributed by atoms with E-state index in [0.717, 1.165) is 0 Å². The molecule has 0 aliphatic rings. The SMILES string of the molecule is CCOC(=O)C#N.CCOC(=O)C(N)=O.CCOC(=O)c1nn(C(C)(C)C)c(=O)[nH]1.CCOC(=O)c1nn(C(C)(C)C)c(=O)[nH]1. The summed E-state index contributed by atoms with van der Waals surface area (Å²) < 4.78 is 20.3. The van der Waals surface area contributed by atoms with E-state index in [2.05, 4.69) is 35.4 Å². The molecular weight excluding hydrogens is 600 g/mol. The van der Waals surface area contributed by atoms with Crippen LogP contribution < -0.4 is 17.1 Å². The number of primary amides is 1. The minimum atomic E-state index is -1.05. The fourth-order valence-corrected chi connectivity index (χ4v) is 2.51. The summed E-state index contributed by atoms with van der Waals surface area (Å²) in [7, 11) is 0. The van der Waals surface area contributed by atoms with E-state index in [4.69, 9.17) is 14.7 Å². The highest BCUT2D eigenvalue weighted by Gasteiger charge is 2.23. The summed E-state index contributed by atoms with van der Waals surface area (Å²) in [5, 5.41) is 15.5. The summed E-state index contributed by atoms with van der Waals surface area (Å²) in [6.07, 6.45) is 0. The molecule has 0 unspecified atom stereocenters. The van der Waals surface area contributed by atoms with Crippen molar-refractivity contribution in [1.82, 2.24) is 29.5 Å². The highest BCUT2D eigenvalue weighted by Crippen LogP contribution is 2.09. The summed E-state index contributed by atoms with van der Waals surface area (Å²) in [5.41, 5.74) is 2.77. The van der Waals surface area contributed by atoms with Crippen molar-refractivity contribution in [2.24, 2.45) is 5.73 Å². The Morgan fingerprint density at radius 2 is 1.04 bits per heavy atom. The minimum Gasteiger partial charge on any atom is -0.460 e. The molecule has 0 bridgehead atoms. The van der Waals surface area contributed by atoms with Gasteiger partial charge in [-0.3, -0.25) is 14.8 Å². The smallest absolute Gasteiger partial charge is 0.411 e. The van der Waals surface area contributed by atoms with E-state index >= 15 is 0 Å². The van der Waals surface area contributed by atoms with Crippen LogP contribution in [0.4, 0.5) is 0 Å². The van der Waals surface area contributed by atoms with Crippen molar-refractivity contribution in [3.05, 3.63) is 32.6 Å². The van der Waals surface area contributed by atoms with Crippen molar-refractivity contribution in [2.45, 2.75) is 80.3 Å². The summed E-state index contributed by atoms with van der Waals surface area (Å²) in [6.45, 7) is 18.5. The number of aromatic amines is 2. The number of carbonyl (C=O) groups excluding carboxylic acids is 5. The van der Waals surface area contributed by atoms with E-state index in [-0.39, 0.29) is 38.1 Å². The Kier molecular flexibility index (Phi) is 18.4. The third-order valence-electron chi connectivity index (χ3n) is 4.29. The van der Waals surface area contributed by atoms with Crippen LogP contribution in [0.2, 0.25) is 0 Å². The lowest BCUT2D eigenvalue weighted by atomic mass is 10.1. The molecule has 2 rings (SSSR count). The average molecular weight is 643 g/mol. The zero-order valence-electron chi connectivity index (χ0n) is 27.1. The molecule has 2 aromatic rings. The van der Waals surface area contributed by atoms with Crippen LogP contribution in [-0.4, -0.2) is 85.7 Å². The molecule has 19 nitrogen and oxygen atoms in total. The van der Waals surface area contributed by atoms with Crippen LogP contribution in [0.25, 0.3) is 0 Å². The largest absolute Gasteiger partial charge is 0.460 e. The first-order valence-corrected chi connectivity index (χ1v) is 13.5. The summed E-state index contributed by atoms with van der Waals surface area (Å²) in [4.78, 5) is 79.8. The molecule has 45 heavy (non-hydrogen) atoms. The maximum Gasteiger partial charge on any atom is 0.411 e. The standard InChI is InChI=1S/2C9H15N3O3.C4H7NO3.C4H5NO2/c2*1-5-15-7(13)6-10-8(14)12(11-6)9(2,3)4;1-2-8-4(7)3(5)6;1-2-7-4(6)3-5/h2*5H2,1-4H3,(H,10,11,14);2H2,1H3,(H2,5,6);2H2,1H3. The summed E-state index contributed by atoms with van der Waals surface area (Å²) in [6, 6.07) is 1.30. The number of hydrogen-bond acceptors (Lipinski definition) is 14. The number of carbonyl (C=O) groups is 5. The van der Waals surface area contributed by atoms with Gasteiger partial charge in [-0.05, 0) is 69.2 Å². The normalized spacial score (nSPS) is 10.2. The molecular formula is C26H42N8O11. The molecule has 0 atom stereocenters. The van der Waals surface area contributed by atoms with Gasteiger partial charge >= 0.3 is 41.2 Å². The molecule has 19 heteroatoms. The second-order valence-electron chi connectivity index (χ2n) is 10.1. The Morgan fingerprint density at radius 1 is 0.711 bits per heavy atom. The molecule has 252 valence electrons. The number of nitrogens with one attached hydrogen (secondary N) is 2. The molecule has 2 heterocycles. The van der Waals surface area contributed by atoms with E-state index in [0.29, 0.717) is 0 Å². The number of nitrogens with zero attached hydrogens (tertiary/aromatic N) is 5. The van der Waals surface area contributed by atoms with Crippen molar-refractivity contribution < 1.29 is 42.9 Å². The van der Waals surface area contributed by atoms with E-state index in [1.165, 1.54) is 15.4 Å². The number of esters is 4. The first-order valence-electron chi connectivity index (χ1n) is 13.5. The molecule has 0 aliphatic carbocycles. The molecule has 0 spiro atoms. The monoisotopic (exact) mass is 642 g/mol. The van der Waals surface area contributed by atoms with Gasteiger partial charge in [0.1, 0.15) is 0 Å². The predicted molar refractivity (Wildman–Crippen MR) is 156 cm³/mol. The number of aromatic nitrogens is 6. The number of ether oxygens (including phenoxy) is 4. The Hall–Kier alpha value is -5.28. The maximum absolute atomic E-state index is 11.4. The third-order valence-corrected chi connectivity index (χ3v) is 4.29. The summed E-state index contributed by atoms with van der Waals surface area (Å²) >= 11 is 0. The first-order chi connectivity index (χ1) is 20.7. The van der Waals surface area contributed by atoms with Crippen molar-refractivity contribution in [1.29, 1.82) is 5.26 Å². The van der Waals surface area contributed by atoms with Gasteiger partial charge in [0.2, 0.25) is 11.6 Å². The van der Waals surface area contributed by atoms with Gasteiger partial charge < -0.3 is 24.7 Å². The lowest BCUT2D eigenvalue weighted by molar-refractivity contribution is -0.153. The zero-order chi connectivity index (χ0) is 35.5. The molecule has 0 aromatic carbocycles. The van der Waals surface area contributed by atoms with Gasteiger partial charge in [0.15, 0.2) is 6.07 Å². The van der Waals surface area contributed by atoms with Crippen LogP contribution in [-0.2, 0) is 44.4 Å². The molecule has 0 saturated heterocycles. The van der Waals surface area contributed by atoms with Crippen molar-refractivity contribution in [3.63, 3.8) is 0 Å². The van der Waals surface area contributed by atoms with Crippen LogP contribution in [0.1, 0.15) is 90.5 Å². The number of amides is 1. The fourth-order valence-electron chi connectivity index (χ4n) is 2.51. The van der Waals surface area contributed by atoms with Crippen LogP contribution in [0.15, 0.2) is 9.59 Å². The molecule has 2 aromatic heterocycles. The molecule has 0 saturated carbocycles. The van der Waals surface area contributed by atoms with Crippen LogP contribution in [0, 0.1) is 11.3 Å². The second kappa shape index (κ2) is 19.8.